The maximum atomic E-state index is 13.1. The molecule has 1 aliphatic rings. The molecule has 1 aromatic heterocycles. The Labute approximate surface area is 213 Å². The summed E-state index contributed by atoms with van der Waals surface area (Å²) in [6.45, 7) is 10.0. The minimum atomic E-state index is -0.486. The summed E-state index contributed by atoms with van der Waals surface area (Å²) in [5.41, 5.74) is 3.23. The number of piperidine rings is 1. The van der Waals surface area contributed by atoms with Gasteiger partial charge in [-0.1, -0.05) is 36.4 Å². The number of likely N-dealkylation sites (tertiary alicyclic amines) is 1. The summed E-state index contributed by atoms with van der Waals surface area (Å²) < 4.78 is 11.6. The number of ether oxygens (including phenoxy) is 2. The first-order chi connectivity index (χ1) is 17.2. The van der Waals surface area contributed by atoms with Crippen molar-refractivity contribution in [2.75, 3.05) is 26.3 Å². The molecule has 1 fully saturated rings. The lowest BCUT2D eigenvalue weighted by atomic mass is 9.98. The number of aryl methyl sites for hydroxylation is 1. The number of nitrogens with zero attached hydrogens (tertiary/aromatic N) is 1. The van der Waals surface area contributed by atoms with E-state index in [0.29, 0.717) is 37.8 Å². The molecule has 7 heteroatoms. The quantitative estimate of drug-likeness (QED) is 0.450. The Balaban J connectivity index is 1.32. The Morgan fingerprint density at radius 3 is 2.53 bits per heavy atom. The van der Waals surface area contributed by atoms with E-state index in [0.717, 1.165) is 34.9 Å². The summed E-state index contributed by atoms with van der Waals surface area (Å²) in [4.78, 5) is 30.4. The van der Waals surface area contributed by atoms with Crippen LogP contribution in [0.2, 0.25) is 0 Å². The lowest BCUT2D eigenvalue weighted by Gasteiger charge is -2.33. The van der Waals surface area contributed by atoms with Crippen LogP contribution in [0.5, 0.6) is 0 Å². The topological polar surface area (TPSA) is 83.7 Å². The van der Waals surface area contributed by atoms with Crippen LogP contribution in [0.1, 0.15) is 61.1 Å². The van der Waals surface area contributed by atoms with E-state index in [1.165, 1.54) is 0 Å². The zero-order chi connectivity index (χ0) is 25.7. The summed E-state index contributed by atoms with van der Waals surface area (Å²) in [6, 6.07) is 15.4. The van der Waals surface area contributed by atoms with Crippen molar-refractivity contribution in [3.8, 4) is 0 Å². The van der Waals surface area contributed by atoms with Crippen LogP contribution in [-0.2, 0) is 9.47 Å². The molecule has 0 radical (unpaired) electrons. The van der Waals surface area contributed by atoms with Crippen LogP contribution in [0.25, 0.3) is 10.9 Å². The highest BCUT2D eigenvalue weighted by atomic mass is 16.6. The third kappa shape index (κ3) is 6.66. The molecule has 1 atom stereocenters. The number of benzene rings is 2. The van der Waals surface area contributed by atoms with Gasteiger partial charge in [-0.25, -0.2) is 4.79 Å². The number of hydrogen-bond acceptors (Lipinski definition) is 4. The van der Waals surface area contributed by atoms with Crippen molar-refractivity contribution >= 4 is 22.9 Å². The number of rotatable bonds is 7. The minimum absolute atomic E-state index is 0.132. The first kappa shape index (κ1) is 25.8. The minimum Gasteiger partial charge on any atom is -0.444 e. The summed E-state index contributed by atoms with van der Waals surface area (Å²) >= 11 is 0. The molecule has 7 nitrogen and oxygen atoms in total. The van der Waals surface area contributed by atoms with Gasteiger partial charge in [0.1, 0.15) is 5.60 Å². The molecule has 0 saturated carbocycles. The van der Waals surface area contributed by atoms with Gasteiger partial charge in [-0.2, -0.15) is 0 Å². The predicted octanol–water partition coefficient (Wildman–Crippen LogP) is 5.61. The third-order valence-corrected chi connectivity index (χ3v) is 6.56. The predicted molar refractivity (Wildman–Crippen MR) is 141 cm³/mol. The van der Waals surface area contributed by atoms with Crippen LogP contribution in [0.15, 0.2) is 54.7 Å². The molecule has 36 heavy (non-hydrogen) atoms. The van der Waals surface area contributed by atoms with Gasteiger partial charge in [0.25, 0.3) is 5.91 Å². The Kier molecular flexibility index (Phi) is 7.99. The molecular weight excluding hydrogens is 454 g/mol. The molecule has 0 aliphatic carbocycles. The molecule has 1 saturated heterocycles. The molecule has 2 aromatic carbocycles. The average molecular weight is 492 g/mol. The highest BCUT2D eigenvalue weighted by molar-refractivity contribution is 5.98. The van der Waals surface area contributed by atoms with E-state index in [4.69, 9.17) is 9.47 Å². The second-order valence-corrected chi connectivity index (χ2v) is 10.6. The van der Waals surface area contributed by atoms with E-state index in [1.54, 1.807) is 4.90 Å². The van der Waals surface area contributed by atoms with Gasteiger partial charge in [-0.05, 0) is 69.7 Å². The lowest BCUT2D eigenvalue weighted by molar-refractivity contribution is 0.0105. The number of aromatic amines is 1. The number of fused-ring (bicyclic) bond motifs is 1. The number of H-pyrrole nitrogens is 1. The highest BCUT2D eigenvalue weighted by Gasteiger charge is 2.27. The monoisotopic (exact) mass is 491 g/mol. The molecule has 0 unspecified atom stereocenters. The van der Waals surface area contributed by atoms with Gasteiger partial charge in [0.2, 0.25) is 0 Å². The number of hydrogen-bond donors (Lipinski definition) is 2. The van der Waals surface area contributed by atoms with Crippen molar-refractivity contribution in [3.05, 3.63) is 71.4 Å². The van der Waals surface area contributed by atoms with Gasteiger partial charge in [0.15, 0.2) is 0 Å². The number of carbonyl (C=O) groups excluding carboxylic acids is 2. The van der Waals surface area contributed by atoms with E-state index in [-0.39, 0.29) is 18.0 Å². The second-order valence-electron chi connectivity index (χ2n) is 10.6. The maximum Gasteiger partial charge on any atom is 0.410 e. The molecule has 0 spiro atoms. The number of aromatic nitrogens is 1. The Bertz CT molecular complexity index is 1170. The van der Waals surface area contributed by atoms with Gasteiger partial charge in [0, 0.05) is 42.4 Å². The fourth-order valence-electron chi connectivity index (χ4n) is 4.52. The average Bonchev–Trinajstić information content (AvgIpc) is 3.23. The fraction of sp³-hybridized carbons (Fsp3) is 0.448. The first-order valence-electron chi connectivity index (χ1n) is 12.7. The van der Waals surface area contributed by atoms with Crippen molar-refractivity contribution < 1.29 is 19.1 Å². The van der Waals surface area contributed by atoms with E-state index in [2.05, 4.69) is 10.3 Å². The molecule has 0 bridgehead atoms. The summed E-state index contributed by atoms with van der Waals surface area (Å²) in [5.74, 6) is 0.238. The second kappa shape index (κ2) is 11.2. The zero-order valence-corrected chi connectivity index (χ0v) is 21.7. The number of amides is 2. The van der Waals surface area contributed by atoms with Gasteiger partial charge < -0.3 is 24.7 Å². The summed E-state index contributed by atoms with van der Waals surface area (Å²) in [6.07, 6.45) is 3.45. The Hall–Kier alpha value is -3.32. The van der Waals surface area contributed by atoms with E-state index in [1.807, 2.05) is 82.4 Å². The largest absolute Gasteiger partial charge is 0.444 e. The van der Waals surface area contributed by atoms with Crippen LogP contribution >= 0.6 is 0 Å². The third-order valence-electron chi connectivity index (χ3n) is 6.56. The van der Waals surface area contributed by atoms with Crippen LogP contribution in [0.3, 0.4) is 0 Å². The van der Waals surface area contributed by atoms with Crippen LogP contribution in [0, 0.1) is 12.8 Å². The van der Waals surface area contributed by atoms with Gasteiger partial charge >= 0.3 is 6.09 Å². The molecule has 2 N–H and O–H groups in total. The molecule has 4 rings (SSSR count). The fourth-order valence-corrected chi connectivity index (χ4v) is 4.52. The van der Waals surface area contributed by atoms with E-state index < -0.39 is 5.60 Å². The number of carbonyl (C=O) groups is 2. The van der Waals surface area contributed by atoms with Crippen molar-refractivity contribution in [2.24, 2.45) is 5.92 Å². The van der Waals surface area contributed by atoms with Gasteiger partial charge in [0.05, 0.1) is 12.6 Å². The standard InChI is InChI=1S/C29H37N3O4/c1-20-17-30-25-16-23(10-11-24(20)25)27(33)31-26(22-8-6-5-7-9-22)19-35-18-21-12-14-32(15-13-21)28(34)36-29(2,3)4/h5-11,16-17,21,26,30H,12-15,18-19H2,1-4H3,(H,31,33)/t26-/m0/s1. The lowest BCUT2D eigenvalue weighted by Crippen LogP contribution is -2.42. The summed E-state index contributed by atoms with van der Waals surface area (Å²) in [7, 11) is 0. The highest BCUT2D eigenvalue weighted by Crippen LogP contribution is 2.22. The first-order valence-corrected chi connectivity index (χ1v) is 12.7. The van der Waals surface area contributed by atoms with Crippen LogP contribution < -0.4 is 5.32 Å². The molecule has 2 amide bonds. The smallest absolute Gasteiger partial charge is 0.410 e. The number of nitrogens with one attached hydrogen (secondary N) is 2. The molecule has 1 aliphatic heterocycles. The summed E-state index contributed by atoms with van der Waals surface area (Å²) in [5, 5.41) is 4.27. The van der Waals surface area contributed by atoms with Crippen LogP contribution in [-0.4, -0.2) is 53.8 Å². The van der Waals surface area contributed by atoms with Crippen molar-refractivity contribution in [2.45, 2.75) is 52.2 Å². The Morgan fingerprint density at radius 2 is 1.83 bits per heavy atom. The zero-order valence-electron chi connectivity index (χ0n) is 21.7. The van der Waals surface area contributed by atoms with Crippen molar-refractivity contribution in [1.29, 1.82) is 0 Å². The van der Waals surface area contributed by atoms with Crippen molar-refractivity contribution in [3.63, 3.8) is 0 Å². The molecule has 3 aromatic rings. The molecular formula is C29H37N3O4. The van der Waals surface area contributed by atoms with Crippen molar-refractivity contribution in [1.82, 2.24) is 15.2 Å². The Morgan fingerprint density at radius 1 is 1.11 bits per heavy atom. The maximum absolute atomic E-state index is 13.1. The van der Waals surface area contributed by atoms with E-state index in [9.17, 15) is 9.59 Å². The van der Waals surface area contributed by atoms with Gasteiger partial charge in [-0.3, -0.25) is 4.79 Å². The molecule has 2 heterocycles. The molecule has 192 valence electrons. The van der Waals surface area contributed by atoms with Gasteiger partial charge in [-0.15, -0.1) is 0 Å². The normalized spacial score (nSPS) is 15.6. The SMILES string of the molecule is Cc1c[nH]c2cc(C(=O)N[C@@H](COCC3CCN(C(=O)OC(C)(C)C)CC3)c3ccccc3)ccc12. The van der Waals surface area contributed by atoms with E-state index >= 15 is 0 Å². The van der Waals surface area contributed by atoms with Crippen LogP contribution in [0.4, 0.5) is 4.79 Å².